The van der Waals surface area contributed by atoms with Crippen molar-refractivity contribution < 1.29 is 13.2 Å². The fourth-order valence-corrected chi connectivity index (χ4v) is 3.31. The molecule has 1 aromatic rings. The van der Waals surface area contributed by atoms with Gasteiger partial charge < -0.3 is 16.0 Å². The van der Waals surface area contributed by atoms with Gasteiger partial charge in [-0.3, -0.25) is 4.79 Å². The molecule has 8 heteroatoms. The number of nitrogens with one attached hydrogen (secondary N) is 1. The number of amides is 1. The van der Waals surface area contributed by atoms with E-state index in [-0.39, 0.29) is 16.5 Å². The molecule has 0 saturated carbocycles. The molecule has 1 fully saturated rings. The molecule has 0 aliphatic carbocycles. The summed E-state index contributed by atoms with van der Waals surface area (Å²) in [5.74, 6) is -0.000807. The van der Waals surface area contributed by atoms with E-state index in [1.54, 1.807) is 19.2 Å². The van der Waals surface area contributed by atoms with Crippen LogP contribution in [0.1, 0.15) is 13.3 Å². The molecule has 21 heavy (non-hydrogen) atoms. The molecular weight excluding hydrogens is 292 g/mol. The maximum Gasteiger partial charge on any atom is 0.240 e. The first kappa shape index (κ1) is 15.6. The molecule has 1 aliphatic heterocycles. The number of hydrogen-bond acceptors (Lipinski definition) is 5. The number of primary sulfonamides is 1. The van der Waals surface area contributed by atoms with Gasteiger partial charge in [-0.15, -0.1) is 0 Å². The molecule has 2 rings (SSSR count). The van der Waals surface area contributed by atoms with Crippen molar-refractivity contribution in [2.24, 2.45) is 10.6 Å². The highest BCUT2D eigenvalue weighted by Crippen LogP contribution is 2.34. The van der Waals surface area contributed by atoms with E-state index in [9.17, 15) is 13.2 Å². The number of rotatable bonds is 3. The van der Waals surface area contributed by atoms with Crippen LogP contribution in [0, 0.1) is 5.41 Å². The summed E-state index contributed by atoms with van der Waals surface area (Å²) in [6.07, 6.45) is 0.726. The van der Waals surface area contributed by atoms with Crippen molar-refractivity contribution in [2.45, 2.75) is 18.2 Å². The number of benzene rings is 1. The molecule has 1 amide bonds. The molecule has 1 heterocycles. The summed E-state index contributed by atoms with van der Waals surface area (Å²) in [4.78, 5) is 13.8. The molecular formula is C13H20N4O3S. The van der Waals surface area contributed by atoms with E-state index in [0.717, 1.165) is 12.1 Å². The fourth-order valence-electron chi connectivity index (χ4n) is 2.66. The van der Waals surface area contributed by atoms with Gasteiger partial charge in [0.25, 0.3) is 0 Å². The molecule has 1 saturated heterocycles. The Balaban J connectivity index is 2.26. The van der Waals surface area contributed by atoms with Crippen LogP contribution in [0.3, 0.4) is 0 Å². The lowest BCUT2D eigenvalue weighted by molar-refractivity contribution is -0.128. The number of nitrogens with zero attached hydrogens (tertiary/aromatic N) is 1. The van der Waals surface area contributed by atoms with Crippen molar-refractivity contribution in [3.8, 4) is 0 Å². The lowest BCUT2D eigenvalue weighted by atomic mass is 9.89. The Bertz CT molecular complexity index is 674. The topological polar surface area (TPSA) is 119 Å². The molecule has 0 radical (unpaired) electrons. The summed E-state index contributed by atoms with van der Waals surface area (Å²) < 4.78 is 22.7. The molecule has 1 aromatic carbocycles. The van der Waals surface area contributed by atoms with Crippen molar-refractivity contribution in [1.82, 2.24) is 5.32 Å². The first-order valence-corrected chi connectivity index (χ1v) is 8.11. The Hall–Kier alpha value is -1.80. The average molecular weight is 312 g/mol. The number of carbonyl (C=O) groups excluding carboxylic acids is 1. The van der Waals surface area contributed by atoms with Crippen LogP contribution in [-0.4, -0.2) is 34.5 Å². The van der Waals surface area contributed by atoms with Crippen molar-refractivity contribution in [3.63, 3.8) is 0 Å². The number of anilines is 2. The zero-order chi connectivity index (χ0) is 15.8. The summed E-state index contributed by atoms with van der Waals surface area (Å²) in [6, 6.07) is 4.64. The van der Waals surface area contributed by atoms with Crippen molar-refractivity contribution in [1.29, 1.82) is 0 Å². The second-order valence-electron chi connectivity index (χ2n) is 5.58. The van der Waals surface area contributed by atoms with E-state index in [1.165, 1.54) is 6.07 Å². The second-order valence-corrected chi connectivity index (χ2v) is 7.11. The highest BCUT2D eigenvalue weighted by molar-refractivity contribution is 7.89. The van der Waals surface area contributed by atoms with Crippen LogP contribution >= 0.6 is 0 Å². The number of sulfonamides is 1. The molecule has 0 bridgehead atoms. The van der Waals surface area contributed by atoms with Gasteiger partial charge in [0.2, 0.25) is 15.9 Å². The maximum atomic E-state index is 11.9. The zero-order valence-corrected chi connectivity index (χ0v) is 12.9. The lowest BCUT2D eigenvalue weighted by Crippen LogP contribution is -2.39. The summed E-state index contributed by atoms with van der Waals surface area (Å²) in [5, 5.41) is 7.76. The minimum absolute atomic E-state index is 0.000807. The van der Waals surface area contributed by atoms with Crippen molar-refractivity contribution in [2.75, 3.05) is 30.8 Å². The Morgan fingerprint density at radius 2 is 2.10 bits per heavy atom. The zero-order valence-electron chi connectivity index (χ0n) is 12.1. The SMILES string of the molecule is CNC(=O)C1(C)CCN(c2ccc(S(N)(=O)=O)c(N)c2)C1. The second kappa shape index (κ2) is 5.19. The number of hydrogen-bond donors (Lipinski definition) is 3. The van der Waals surface area contributed by atoms with Gasteiger partial charge in [-0.1, -0.05) is 0 Å². The van der Waals surface area contributed by atoms with Crippen LogP contribution in [0.4, 0.5) is 11.4 Å². The maximum absolute atomic E-state index is 11.9. The summed E-state index contributed by atoms with van der Waals surface area (Å²) in [5.41, 5.74) is 6.21. The van der Waals surface area contributed by atoms with Crippen LogP contribution in [0.2, 0.25) is 0 Å². The third-order valence-electron chi connectivity index (χ3n) is 3.91. The molecule has 116 valence electrons. The molecule has 0 spiro atoms. The summed E-state index contributed by atoms with van der Waals surface area (Å²) >= 11 is 0. The molecule has 7 nitrogen and oxygen atoms in total. The highest BCUT2D eigenvalue weighted by Gasteiger charge is 2.40. The minimum atomic E-state index is -3.82. The van der Waals surface area contributed by atoms with E-state index in [4.69, 9.17) is 10.9 Å². The number of nitrogen functional groups attached to an aromatic ring is 1. The van der Waals surface area contributed by atoms with Gasteiger partial charge in [-0.25, -0.2) is 13.6 Å². The largest absolute Gasteiger partial charge is 0.398 e. The van der Waals surface area contributed by atoms with Gasteiger partial charge in [0.05, 0.1) is 11.1 Å². The standard InChI is InChI=1S/C13H20N4O3S/c1-13(12(18)16-2)5-6-17(8-13)9-3-4-11(10(14)7-9)21(15,19)20/h3-4,7H,5-6,8,14H2,1-2H3,(H,16,18)(H2,15,19,20). The molecule has 1 unspecified atom stereocenters. The van der Waals surface area contributed by atoms with Crippen LogP contribution in [0.15, 0.2) is 23.1 Å². The van der Waals surface area contributed by atoms with E-state index >= 15 is 0 Å². The first-order valence-electron chi connectivity index (χ1n) is 6.57. The monoisotopic (exact) mass is 312 g/mol. The smallest absolute Gasteiger partial charge is 0.240 e. The average Bonchev–Trinajstić information content (AvgIpc) is 2.80. The Morgan fingerprint density at radius 1 is 1.43 bits per heavy atom. The number of carbonyl (C=O) groups is 1. The van der Waals surface area contributed by atoms with Gasteiger partial charge in [-0.05, 0) is 31.5 Å². The number of nitrogens with two attached hydrogens (primary N) is 2. The van der Waals surface area contributed by atoms with E-state index in [1.807, 2.05) is 11.8 Å². The predicted octanol–water partition coefficient (Wildman–Crippen LogP) is -0.121. The van der Waals surface area contributed by atoms with Gasteiger partial charge in [0.1, 0.15) is 4.90 Å². The van der Waals surface area contributed by atoms with Crippen molar-refractivity contribution >= 4 is 27.3 Å². The van der Waals surface area contributed by atoms with Gasteiger partial charge >= 0.3 is 0 Å². The van der Waals surface area contributed by atoms with Gasteiger partial charge in [-0.2, -0.15) is 0 Å². The van der Waals surface area contributed by atoms with Crippen LogP contribution in [0.25, 0.3) is 0 Å². The third-order valence-corrected chi connectivity index (χ3v) is 4.90. The van der Waals surface area contributed by atoms with Crippen LogP contribution in [-0.2, 0) is 14.8 Å². The molecule has 0 aromatic heterocycles. The highest BCUT2D eigenvalue weighted by atomic mass is 32.2. The van der Waals surface area contributed by atoms with E-state index in [0.29, 0.717) is 13.1 Å². The van der Waals surface area contributed by atoms with Gasteiger partial charge in [0, 0.05) is 25.8 Å². The quantitative estimate of drug-likeness (QED) is 0.672. The molecule has 1 aliphatic rings. The van der Waals surface area contributed by atoms with Gasteiger partial charge in [0.15, 0.2) is 0 Å². The normalized spacial score (nSPS) is 22.3. The minimum Gasteiger partial charge on any atom is -0.398 e. The van der Waals surface area contributed by atoms with Crippen molar-refractivity contribution in [3.05, 3.63) is 18.2 Å². The van der Waals surface area contributed by atoms with E-state index in [2.05, 4.69) is 5.32 Å². The van der Waals surface area contributed by atoms with Crippen LogP contribution < -0.4 is 21.1 Å². The third kappa shape index (κ3) is 2.96. The lowest BCUT2D eigenvalue weighted by Gasteiger charge is -2.24. The Labute approximate surface area is 124 Å². The van der Waals surface area contributed by atoms with E-state index < -0.39 is 15.4 Å². The Kier molecular flexibility index (Phi) is 3.85. The molecule has 1 atom stereocenters. The first-order chi connectivity index (χ1) is 9.67. The summed E-state index contributed by atoms with van der Waals surface area (Å²) in [7, 11) is -2.20. The molecule has 5 N–H and O–H groups in total. The fraction of sp³-hybridized carbons (Fsp3) is 0.462. The predicted molar refractivity (Wildman–Crippen MR) is 81.2 cm³/mol. The summed E-state index contributed by atoms with van der Waals surface area (Å²) in [6.45, 7) is 3.17. The Morgan fingerprint density at radius 3 is 2.62 bits per heavy atom. The van der Waals surface area contributed by atoms with Crippen LogP contribution in [0.5, 0.6) is 0 Å².